The Balaban J connectivity index is 2.21. The van der Waals surface area contributed by atoms with E-state index in [4.69, 9.17) is 10.8 Å². The van der Waals surface area contributed by atoms with Gasteiger partial charge in [0, 0.05) is 13.1 Å². The van der Waals surface area contributed by atoms with E-state index in [-0.39, 0.29) is 11.7 Å². The Morgan fingerprint density at radius 3 is 2.78 bits per heavy atom. The lowest BCUT2D eigenvalue weighted by molar-refractivity contribution is 0.0697. The Labute approximate surface area is 106 Å². The van der Waals surface area contributed by atoms with Crippen molar-refractivity contribution in [3.63, 3.8) is 0 Å². The summed E-state index contributed by atoms with van der Waals surface area (Å²) in [7, 11) is 0. The van der Waals surface area contributed by atoms with E-state index in [9.17, 15) is 9.90 Å². The van der Waals surface area contributed by atoms with Gasteiger partial charge in [0.05, 0.1) is 23.0 Å². The number of carboxylic acids is 1. The largest absolute Gasteiger partial charge is 0.478 e. The van der Waals surface area contributed by atoms with Gasteiger partial charge in [0.1, 0.15) is 0 Å². The molecule has 1 aromatic rings. The van der Waals surface area contributed by atoms with Gasteiger partial charge in [0.25, 0.3) is 0 Å². The molecule has 5 nitrogen and oxygen atoms in total. The Morgan fingerprint density at radius 1 is 1.50 bits per heavy atom. The molecular weight excluding hydrogens is 232 g/mol. The zero-order chi connectivity index (χ0) is 13.3. The Hall–Kier alpha value is -1.75. The van der Waals surface area contributed by atoms with E-state index >= 15 is 0 Å². The Kier molecular flexibility index (Phi) is 3.43. The molecule has 98 valence electrons. The van der Waals surface area contributed by atoms with Crippen molar-refractivity contribution in [3.8, 4) is 0 Å². The number of nitrogens with two attached hydrogens (primary N) is 1. The van der Waals surface area contributed by atoms with Crippen molar-refractivity contribution in [1.82, 2.24) is 0 Å². The fourth-order valence-corrected chi connectivity index (χ4v) is 2.24. The van der Waals surface area contributed by atoms with Crippen LogP contribution in [0.5, 0.6) is 0 Å². The highest BCUT2D eigenvalue weighted by Crippen LogP contribution is 2.28. The van der Waals surface area contributed by atoms with Crippen LogP contribution in [-0.4, -0.2) is 35.4 Å². The first-order valence-corrected chi connectivity index (χ1v) is 6.05. The molecule has 4 N–H and O–H groups in total. The summed E-state index contributed by atoms with van der Waals surface area (Å²) >= 11 is 0. The minimum atomic E-state index is -0.986. The zero-order valence-electron chi connectivity index (χ0n) is 10.3. The third-order valence-electron chi connectivity index (χ3n) is 3.53. The molecule has 0 radical (unpaired) electrons. The number of nitrogens with zero attached hydrogens (tertiary/aromatic N) is 1. The smallest absolute Gasteiger partial charge is 0.335 e. The van der Waals surface area contributed by atoms with Crippen LogP contribution >= 0.6 is 0 Å². The number of hydrogen-bond acceptors (Lipinski definition) is 4. The van der Waals surface area contributed by atoms with Gasteiger partial charge in [-0.25, -0.2) is 4.79 Å². The van der Waals surface area contributed by atoms with E-state index in [0.717, 1.165) is 18.7 Å². The molecule has 0 aromatic heterocycles. The van der Waals surface area contributed by atoms with Crippen molar-refractivity contribution in [2.75, 3.05) is 23.7 Å². The molecule has 1 saturated heterocycles. The van der Waals surface area contributed by atoms with Gasteiger partial charge >= 0.3 is 5.97 Å². The zero-order valence-corrected chi connectivity index (χ0v) is 10.3. The lowest BCUT2D eigenvalue weighted by atomic mass is 9.95. The third kappa shape index (κ3) is 2.41. The Morgan fingerprint density at radius 2 is 2.22 bits per heavy atom. The first kappa shape index (κ1) is 12.7. The predicted octanol–water partition coefficient (Wildman–Crippen LogP) is 1.17. The fourth-order valence-electron chi connectivity index (χ4n) is 2.24. The van der Waals surface area contributed by atoms with Crippen molar-refractivity contribution in [2.24, 2.45) is 5.92 Å². The molecule has 5 heteroatoms. The molecule has 1 aromatic carbocycles. The highest BCUT2D eigenvalue weighted by Gasteiger charge is 2.25. The van der Waals surface area contributed by atoms with Crippen molar-refractivity contribution in [1.29, 1.82) is 0 Å². The maximum Gasteiger partial charge on any atom is 0.335 e. The van der Waals surface area contributed by atoms with Crippen LogP contribution in [0.25, 0.3) is 0 Å². The first-order valence-electron chi connectivity index (χ1n) is 6.05. The number of aromatic carboxylic acids is 1. The van der Waals surface area contributed by atoms with Crippen LogP contribution in [0.3, 0.4) is 0 Å². The third-order valence-corrected chi connectivity index (χ3v) is 3.53. The van der Waals surface area contributed by atoms with Crippen molar-refractivity contribution >= 4 is 17.3 Å². The fraction of sp³-hybridized carbons (Fsp3) is 0.462. The van der Waals surface area contributed by atoms with E-state index in [1.54, 1.807) is 12.1 Å². The van der Waals surface area contributed by atoms with Gasteiger partial charge in [-0.1, -0.05) is 6.92 Å². The highest BCUT2D eigenvalue weighted by atomic mass is 16.4. The summed E-state index contributed by atoms with van der Waals surface area (Å²) in [6, 6.07) is 4.71. The lowest BCUT2D eigenvalue weighted by Gasteiger charge is -2.36. The number of benzene rings is 1. The molecule has 2 unspecified atom stereocenters. The van der Waals surface area contributed by atoms with Crippen LogP contribution in [0.1, 0.15) is 23.7 Å². The van der Waals surface area contributed by atoms with Crippen molar-refractivity contribution < 1.29 is 15.0 Å². The van der Waals surface area contributed by atoms with Gasteiger partial charge in [-0.05, 0) is 30.5 Å². The summed E-state index contributed by atoms with van der Waals surface area (Å²) in [4.78, 5) is 12.8. The van der Waals surface area contributed by atoms with Crippen LogP contribution in [0.4, 0.5) is 11.4 Å². The summed E-state index contributed by atoms with van der Waals surface area (Å²) in [5.41, 5.74) is 7.30. The molecule has 0 bridgehead atoms. The number of aliphatic hydroxyl groups is 1. The normalized spacial score (nSPS) is 24.0. The molecule has 1 aliphatic rings. The van der Waals surface area contributed by atoms with Gasteiger partial charge in [-0.15, -0.1) is 0 Å². The van der Waals surface area contributed by atoms with Gasteiger partial charge < -0.3 is 20.8 Å². The topological polar surface area (TPSA) is 86.8 Å². The summed E-state index contributed by atoms with van der Waals surface area (Å²) < 4.78 is 0. The second kappa shape index (κ2) is 4.86. The minimum absolute atomic E-state index is 0.183. The van der Waals surface area contributed by atoms with E-state index < -0.39 is 5.97 Å². The summed E-state index contributed by atoms with van der Waals surface area (Å²) in [5.74, 6) is -0.693. The van der Waals surface area contributed by atoms with Crippen LogP contribution in [0, 0.1) is 5.92 Å². The van der Waals surface area contributed by atoms with E-state index in [2.05, 4.69) is 0 Å². The SMILES string of the molecule is CC1CCN(c2ccc(C(=O)O)cc2N)CC1O. The number of piperidine rings is 1. The number of anilines is 2. The molecule has 1 fully saturated rings. The highest BCUT2D eigenvalue weighted by molar-refractivity contribution is 5.90. The van der Waals surface area contributed by atoms with Crippen LogP contribution < -0.4 is 10.6 Å². The molecule has 18 heavy (non-hydrogen) atoms. The lowest BCUT2D eigenvalue weighted by Crippen LogP contribution is -2.43. The minimum Gasteiger partial charge on any atom is -0.478 e. The molecule has 2 atom stereocenters. The molecular formula is C13H18N2O3. The second-order valence-electron chi connectivity index (χ2n) is 4.86. The average Bonchev–Trinajstić information content (AvgIpc) is 2.32. The number of nitrogen functional groups attached to an aromatic ring is 1. The average molecular weight is 250 g/mol. The van der Waals surface area contributed by atoms with E-state index in [1.165, 1.54) is 6.07 Å². The number of carbonyl (C=O) groups is 1. The summed E-state index contributed by atoms with van der Waals surface area (Å²) in [6.07, 6.45) is 0.540. The Bertz CT molecular complexity index is 462. The number of aliphatic hydroxyl groups excluding tert-OH is 1. The molecule has 0 amide bonds. The molecule has 2 rings (SSSR count). The number of rotatable bonds is 2. The predicted molar refractivity (Wildman–Crippen MR) is 69.8 cm³/mol. The van der Waals surface area contributed by atoms with Crippen molar-refractivity contribution in [2.45, 2.75) is 19.4 Å². The monoisotopic (exact) mass is 250 g/mol. The van der Waals surface area contributed by atoms with Gasteiger partial charge in [-0.2, -0.15) is 0 Å². The molecule has 0 saturated carbocycles. The van der Waals surface area contributed by atoms with Gasteiger partial charge in [0.15, 0.2) is 0 Å². The standard InChI is InChI=1S/C13H18N2O3/c1-8-4-5-15(7-12(8)16)11-3-2-9(13(17)18)6-10(11)14/h2-3,6,8,12,16H,4-5,7,14H2,1H3,(H,17,18). The van der Waals surface area contributed by atoms with Crippen LogP contribution in [-0.2, 0) is 0 Å². The van der Waals surface area contributed by atoms with E-state index in [1.807, 2.05) is 11.8 Å². The summed E-state index contributed by atoms with van der Waals surface area (Å²) in [6.45, 7) is 3.39. The maximum absolute atomic E-state index is 10.8. The van der Waals surface area contributed by atoms with Gasteiger partial charge in [0.2, 0.25) is 0 Å². The first-order chi connectivity index (χ1) is 8.49. The summed E-state index contributed by atoms with van der Waals surface area (Å²) in [5, 5.41) is 18.7. The van der Waals surface area contributed by atoms with Crippen LogP contribution in [0.15, 0.2) is 18.2 Å². The van der Waals surface area contributed by atoms with Crippen molar-refractivity contribution in [3.05, 3.63) is 23.8 Å². The second-order valence-corrected chi connectivity index (χ2v) is 4.86. The number of carboxylic acid groups (broad SMARTS) is 1. The number of hydrogen-bond donors (Lipinski definition) is 3. The molecule has 0 aliphatic carbocycles. The molecule has 1 aliphatic heterocycles. The van der Waals surface area contributed by atoms with Gasteiger partial charge in [-0.3, -0.25) is 0 Å². The maximum atomic E-state index is 10.8. The van der Waals surface area contributed by atoms with Crippen LogP contribution in [0.2, 0.25) is 0 Å². The van der Waals surface area contributed by atoms with E-state index in [0.29, 0.717) is 18.2 Å². The molecule has 1 heterocycles. The number of β-amino-alcohol motifs (C(OH)–C–C–N with tert-alkyl or cyclic N) is 1. The molecule has 0 spiro atoms. The quantitative estimate of drug-likeness (QED) is 0.686.